The maximum Gasteiger partial charge on any atom is 0.253 e. The fourth-order valence-corrected chi connectivity index (χ4v) is 2.73. The van der Waals surface area contributed by atoms with Crippen LogP contribution in [0.25, 0.3) is 0 Å². The first-order chi connectivity index (χ1) is 11.6. The van der Waals surface area contributed by atoms with Crippen LogP contribution in [0.2, 0.25) is 0 Å². The lowest BCUT2D eigenvalue weighted by Crippen LogP contribution is -2.46. The number of aryl methyl sites for hydroxylation is 1. The topological polar surface area (TPSA) is 100 Å². The number of hydrogen-bond acceptors (Lipinski definition) is 6. The molecule has 24 heavy (non-hydrogen) atoms. The summed E-state index contributed by atoms with van der Waals surface area (Å²) in [4.78, 5) is 38.1. The van der Waals surface area contributed by atoms with Crippen LogP contribution < -0.4 is 5.32 Å². The average Bonchev–Trinajstić information content (AvgIpc) is 3.17. The van der Waals surface area contributed by atoms with Crippen LogP contribution in [0.15, 0.2) is 18.3 Å². The Labute approximate surface area is 139 Å². The van der Waals surface area contributed by atoms with Crippen molar-refractivity contribution in [3.05, 3.63) is 24.0 Å². The molecule has 0 atom stereocenters. The molecule has 2 aliphatic rings. The third-order valence-electron chi connectivity index (χ3n) is 4.05. The minimum atomic E-state index is -0.337. The summed E-state index contributed by atoms with van der Waals surface area (Å²) in [7, 11) is 0. The van der Waals surface area contributed by atoms with E-state index in [0.717, 1.165) is 31.1 Å². The molecule has 3 amide bonds. The molecule has 0 saturated carbocycles. The molecular formula is C15H20N6O3. The number of amides is 3. The van der Waals surface area contributed by atoms with Crippen molar-refractivity contribution >= 4 is 17.7 Å². The van der Waals surface area contributed by atoms with Crippen molar-refractivity contribution in [1.82, 2.24) is 30.1 Å². The van der Waals surface area contributed by atoms with Gasteiger partial charge in [-0.15, -0.1) is 5.10 Å². The molecule has 3 rings (SSSR count). The number of carbonyl (C=O) groups excluding carboxylic acids is 3. The van der Waals surface area contributed by atoms with Crippen LogP contribution >= 0.6 is 0 Å². The van der Waals surface area contributed by atoms with Crippen LogP contribution in [0.4, 0.5) is 0 Å². The third kappa shape index (κ3) is 3.85. The predicted molar refractivity (Wildman–Crippen MR) is 83.4 cm³/mol. The van der Waals surface area contributed by atoms with Crippen LogP contribution in [-0.2, 0) is 27.5 Å². The summed E-state index contributed by atoms with van der Waals surface area (Å²) in [5, 5.41) is 11.2. The van der Waals surface area contributed by atoms with Gasteiger partial charge < -0.3 is 10.2 Å². The number of rotatable bonds is 6. The molecule has 9 nitrogen and oxygen atoms in total. The van der Waals surface area contributed by atoms with Crippen molar-refractivity contribution < 1.29 is 14.4 Å². The van der Waals surface area contributed by atoms with Crippen molar-refractivity contribution in [3.8, 4) is 0 Å². The molecule has 0 spiro atoms. The van der Waals surface area contributed by atoms with Gasteiger partial charge >= 0.3 is 0 Å². The van der Waals surface area contributed by atoms with Gasteiger partial charge in [-0.3, -0.25) is 24.0 Å². The van der Waals surface area contributed by atoms with E-state index in [2.05, 4.69) is 15.6 Å². The second-order valence-corrected chi connectivity index (χ2v) is 5.80. The first-order valence-electron chi connectivity index (χ1n) is 8.04. The third-order valence-corrected chi connectivity index (χ3v) is 4.05. The Bertz CT molecular complexity index is 644. The second-order valence-electron chi connectivity index (χ2n) is 5.80. The number of hydrogen-bond donors (Lipinski definition) is 1. The van der Waals surface area contributed by atoms with E-state index in [-0.39, 0.29) is 24.3 Å². The van der Waals surface area contributed by atoms with Crippen molar-refractivity contribution in [2.45, 2.75) is 25.9 Å². The van der Waals surface area contributed by atoms with E-state index in [1.807, 2.05) is 4.90 Å². The summed E-state index contributed by atoms with van der Waals surface area (Å²) in [6, 6.07) is 0. The standard InChI is InChI=1S/C15H20N6O3/c22-13(19-8-5-16-6-9-19)2-1-7-20-10-12(17-18-20)11-21-14(23)3-4-15(21)24/h3-4,10,16H,1-2,5-9,11H2. The van der Waals surface area contributed by atoms with E-state index in [1.54, 1.807) is 10.9 Å². The van der Waals surface area contributed by atoms with E-state index >= 15 is 0 Å². The van der Waals surface area contributed by atoms with Gasteiger partial charge in [0, 0.05) is 51.3 Å². The quantitative estimate of drug-likeness (QED) is 0.665. The number of piperazine rings is 1. The molecule has 0 aromatic carbocycles. The fraction of sp³-hybridized carbons (Fsp3) is 0.533. The van der Waals surface area contributed by atoms with E-state index < -0.39 is 0 Å². The molecule has 1 fully saturated rings. The minimum absolute atomic E-state index is 0.115. The van der Waals surface area contributed by atoms with E-state index in [4.69, 9.17) is 0 Å². The van der Waals surface area contributed by atoms with E-state index in [1.165, 1.54) is 12.2 Å². The van der Waals surface area contributed by atoms with E-state index in [9.17, 15) is 14.4 Å². The molecule has 1 aromatic heterocycles. The molecule has 9 heteroatoms. The van der Waals surface area contributed by atoms with Gasteiger partial charge in [-0.1, -0.05) is 5.21 Å². The lowest BCUT2D eigenvalue weighted by atomic mass is 10.2. The highest BCUT2D eigenvalue weighted by molar-refractivity contribution is 6.12. The monoisotopic (exact) mass is 332 g/mol. The fourth-order valence-electron chi connectivity index (χ4n) is 2.73. The Balaban J connectivity index is 1.43. The highest BCUT2D eigenvalue weighted by Gasteiger charge is 2.24. The number of imide groups is 1. The lowest BCUT2D eigenvalue weighted by Gasteiger charge is -2.27. The molecule has 0 aliphatic carbocycles. The van der Waals surface area contributed by atoms with Crippen molar-refractivity contribution in [1.29, 1.82) is 0 Å². The summed E-state index contributed by atoms with van der Waals surface area (Å²) >= 11 is 0. The van der Waals surface area contributed by atoms with Gasteiger partial charge in [0.05, 0.1) is 12.7 Å². The molecule has 1 aromatic rings. The minimum Gasteiger partial charge on any atom is -0.340 e. The molecule has 3 heterocycles. The van der Waals surface area contributed by atoms with Crippen molar-refractivity contribution in [3.63, 3.8) is 0 Å². The van der Waals surface area contributed by atoms with Crippen LogP contribution in [0.1, 0.15) is 18.5 Å². The Morgan fingerprint density at radius 2 is 1.88 bits per heavy atom. The zero-order valence-electron chi connectivity index (χ0n) is 13.3. The Morgan fingerprint density at radius 1 is 1.17 bits per heavy atom. The van der Waals surface area contributed by atoms with Gasteiger partial charge in [-0.2, -0.15) is 0 Å². The summed E-state index contributed by atoms with van der Waals surface area (Å²) in [6.45, 7) is 3.91. The Kier molecular flexibility index (Phi) is 4.99. The van der Waals surface area contributed by atoms with Gasteiger partial charge in [-0.25, -0.2) is 0 Å². The maximum atomic E-state index is 12.1. The molecule has 1 saturated heterocycles. The van der Waals surface area contributed by atoms with Gasteiger partial charge in [0.2, 0.25) is 5.91 Å². The summed E-state index contributed by atoms with van der Waals surface area (Å²) < 4.78 is 1.64. The Morgan fingerprint density at radius 3 is 2.58 bits per heavy atom. The molecule has 0 radical (unpaired) electrons. The molecule has 2 aliphatic heterocycles. The van der Waals surface area contributed by atoms with Crippen LogP contribution in [0.3, 0.4) is 0 Å². The van der Waals surface area contributed by atoms with Gasteiger partial charge in [0.25, 0.3) is 11.8 Å². The van der Waals surface area contributed by atoms with Crippen LogP contribution in [-0.4, -0.2) is 68.7 Å². The second kappa shape index (κ2) is 7.35. The highest BCUT2D eigenvalue weighted by atomic mass is 16.2. The lowest BCUT2D eigenvalue weighted by molar-refractivity contribution is -0.137. The molecule has 1 N–H and O–H groups in total. The molecule has 0 unspecified atom stereocenters. The maximum absolute atomic E-state index is 12.1. The first-order valence-corrected chi connectivity index (χ1v) is 8.04. The SMILES string of the molecule is O=C(CCCn1cc(CN2C(=O)C=CC2=O)nn1)N1CCNCC1. The molecule has 128 valence electrons. The van der Waals surface area contributed by atoms with E-state index in [0.29, 0.717) is 25.1 Å². The van der Waals surface area contributed by atoms with Gasteiger partial charge in [-0.05, 0) is 6.42 Å². The first kappa shape index (κ1) is 16.3. The number of nitrogens with zero attached hydrogens (tertiary/aromatic N) is 5. The van der Waals surface area contributed by atoms with Crippen LogP contribution in [0, 0.1) is 0 Å². The average molecular weight is 332 g/mol. The molecular weight excluding hydrogens is 312 g/mol. The summed E-state index contributed by atoms with van der Waals surface area (Å²) in [5.41, 5.74) is 0.550. The van der Waals surface area contributed by atoms with Crippen molar-refractivity contribution in [2.75, 3.05) is 26.2 Å². The number of nitrogens with one attached hydrogen (secondary N) is 1. The smallest absolute Gasteiger partial charge is 0.253 e. The summed E-state index contributed by atoms with van der Waals surface area (Å²) in [6.07, 6.45) is 5.34. The van der Waals surface area contributed by atoms with Crippen molar-refractivity contribution in [2.24, 2.45) is 0 Å². The normalized spacial score (nSPS) is 17.8. The zero-order chi connectivity index (χ0) is 16.9. The van der Waals surface area contributed by atoms with Gasteiger partial charge in [0.15, 0.2) is 0 Å². The highest BCUT2D eigenvalue weighted by Crippen LogP contribution is 2.09. The summed E-state index contributed by atoms with van der Waals surface area (Å²) in [5.74, 6) is -0.511. The Hall–Kier alpha value is -2.55. The van der Waals surface area contributed by atoms with Gasteiger partial charge in [0.1, 0.15) is 5.69 Å². The number of carbonyl (C=O) groups is 3. The molecule has 0 bridgehead atoms. The largest absolute Gasteiger partial charge is 0.340 e. The number of aromatic nitrogens is 3. The predicted octanol–water partition coefficient (Wildman–Crippen LogP) is -1.08. The zero-order valence-corrected chi connectivity index (χ0v) is 13.3. The van der Waals surface area contributed by atoms with Crippen LogP contribution in [0.5, 0.6) is 0 Å².